The molecule has 1 aliphatic heterocycles. The number of hydrogen-bond acceptors (Lipinski definition) is 4. The highest BCUT2D eigenvalue weighted by atomic mass is 19.1. The van der Waals surface area contributed by atoms with Crippen LogP contribution in [0.2, 0.25) is 0 Å². The van der Waals surface area contributed by atoms with Crippen LogP contribution in [-0.2, 0) is 15.1 Å². The Labute approximate surface area is 147 Å². The lowest BCUT2D eigenvalue weighted by molar-refractivity contribution is -0.122. The quantitative estimate of drug-likeness (QED) is 0.829. The maximum atomic E-state index is 13.7. The zero-order valence-corrected chi connectivity index (χ0v) is 14.5. The molecule has 1 saturated heterocycles. The van der Waals surface area contributed by atoms with Crippen molar-refractivity contribution in [1.82, 2.24) is 10.6 Å². The van der Waals surface area contributed by atoms with E-state index in [1.807, 2.05) is 6.07 Å². The first kappa shape index (κ1) is 17.8. The Morgan fingerprint density at radius 1 is 1.44 bits per heavy atom. The van der Waals surface area contributed by atoms with Crippen molar-refractivity contribution < 1.29 is 13.9 Å². The van der Waals surface area contributed by atoms with Gasteiger partial charge in [-0.3, -0.25) is 10.1 Å². The lowest BCUT2D eigenvalue weighted by Gasteiger charge is -2.39. The standard InChI is InChI=1S/C19H24FN3O2/c1-18(13-21,14-5-6-14)23-17(24)12-22-19(7-9-25-10-8-19)15-3-2-4-16(20)11-15/h2-4,11,14,22H,5-10,12H2,1H3,(H,23,24)/t18-/m1/s1. The van der Waals surface area contributed by atoms with E-state index in [9.17, 15) is 14.4 Å². The Bertz CT molecular complexity index is 677. The van der Waals surface area contributed by atoms with Gasteiger partial charge in [0.1, 0.15) is 11.4 Å². The molecule has 1 saturated carbocycles. The van der Waals surface area contributed by atoms with Gasteiger partial charge >= 0.3 is 0 Å². The molecule has 1 aromatic rings. The summed E-state index contributed by atoms with van der Waals surface area (Å²) in [6.45, 7) is 2.98. The molecule has 3 rings (SSSR count). The summed E-state index contributed by atoms with van der Waals surface area (Å²) in [5, 5.41) is 15.6. The highest BCUT2D eigenvalue weighted by Gasteiger charge is 2.43. The molecule has 0 bridgehead atoms. The smallest absolute Gasteiger partial charge is 0.235 e. The molecule has 2 fully saturated rings. The summed E-state index contributed by atoms with van der Waals surface area (Å²) in [6.07, 6.45) is 3.29. The minimum Gasteiger partial charge on any atom is -0.381 e. The molecule has 2 N–H and O–H groups in total. The van der Waals surface area contributed by atoms with Gasteiger partial charge in [-0.1, -0.05) is 12.1 Å². The number of hydrogen-bond donors (Lipinski definition) is 2. The van der Waals surface area contributed by atoms with E-state index in [1.165, 1.54) is 12.1 Å². The van der Waals surface area contributed by atoms with Crippen LogP contribution in [0.15, 0.2) is 24.3 Å². The molecule has 1 amide bonds. The third kappa shape index (κ3) is 4.00. The number of benzene rings is 1. The molecule has 1 atom stereocenters. The van der Waals surface area contributed by atoms with Crippen molar-refractivity contribution in [2.45, 2.75) is 43.7 Å². The third-order valence-electron chi connectivity index (χ3n) is 5.34. The van der Waals surface area contributed by atoms with Crippen molar-refractivity contribution in [3.63, 3.8) is 0 Å². The van der Waals surface area contributed by atoms with Gasteiger partial charge in [-0.05, 0) is 56.2 Å². The van der Waals surface area contributed by atoms with E-state index in [0.29, 0.717) is 26.1 Å². The molecule has 5 nitrogen and oxygen atoms in total. The fraction of sp³-hybridized carbons (Fsp3) is 0.579. The van der Waals surface area contributed by atoms with Crippen LogP contribution in [-0.4, -0.2) is 31.2 Å². The number of ether oxygens (including phenoxy) is 1. The monoisotopic (exact) mass is 345 g/mol. The van der Waals surface area contributed by atoms with Crippen LogP contribution in [0.1, 0.15) is 38.2 Å². The zero-order chi connectivity index (χ0) is 17.9. The van der Waals surface area contributed by atoms with Crippen LogP contribution >= 0.6 is 0 Å². The van der Waals surface area contributed by atoms with E-state index < -0.39 is 11.1 Å². The van der Waals surface area contributed by atoms with Gasteiger partial charge in [0, 0.05) is 18.8 Å². The third-order valence-corrected chi connectivity index (χ3v) is 5.34. The van der Waals surface area contributed by atoms with Gasteiger partial charge in [0.25, 0.3) is 0 Å². The average Bonchev–Trinajstić information content (AvgIpc) is 3.46. The number of carbonyl (C=O) groups is 1. The summed E-state index contributed by atoms with van der Waals surface area (Å²) in [4.78, 5) is 12.4. The van der Waals surface area contributed by atoms with Crippen molar-refractivity contribution in [3.8, 4) is 6.07 Å². The summed E-state index contributed by atoms with van der Waals surface area (Å²) in [7, 11) is 0. The molecule has 134 valence electrons. The fourth-order valence-electron chi connectivity index (χ4n) is 3.54. The predicted molar refractivity (Wildman–Crippen MR) is 91.0 cm³/mol. The van der Waals surface area contributed by atoms with Gasteiger partial charge in [0.05, 0.1) is 12.6 Å². The first-order chi connectivity index (χ1) is 12.0. The Kier molecular flexibility index (Phi) is 5.07. The van der Waals surface area contributed by atoms with E-state index in [1.54, 1.807) is 13.0 Å². The van der Waals surface area contributed by atoms with E-state index in [2.05, 4.69) is 16.7 Å². The second kappa shape index (κ2) is 7.11. The molecule has 1 aromatic carbocycles. The van der Waals surface area contributed by atoms with Gasteiger partial charge in [-0.25, -0.2) is 4.39 Å². The molecular weight excluding hydrogens is 321 g/mol. The summed E-state index contributed by atoms with van der Waals surface area (Å²) in [6, 6.07) is 8.72. The Morgan fingerprint density at radius 2 is 2.16 bits per heavy atom. The highest BCUT2D eigenvalue weighted by Crippen LogP contribution is 2.39. The number of halogens is 1. The van der Waals surface area contributed by atoms with Crippen molar-refractivity contribution in [3.05, 3.63) is 35.6 Å². The van der Waals surface area contributed by atoms with Gasteiger partial charge in [-0.2, -0.15) is 5.26 Å². The van der Waals surface area contributed by atoms with Crippen LogP contribution in [0.5, 0.6) is 0 Å². The van der Waals surface area contributed by atoms with Crippen molar-refractivity contribution in [2.24, 2.45) is 5.92 Å². The molecule has 0 spiro atoms. The minimum absolute atomic E-state index is 0.0838. The molecule has 0 unspecified atom stereocenters. The molecule has 0 aromatic heterocycles. The molecule has 25 heavy (non-hydrogen) atoms. The predicted octanol–water partition coefficient (Wildman–Crippen LogP) is 2.23. The summed E-state index contributed by atoms with van der Waals surface area (Å²) in [5.74, 6) is -0.264. The maximum absolute atomic E-state index is 13.7. The van der Waals surface area contributed by atoms with Gasteiger partial charge < -0.3 is 10.1 Å². The largest absolute Gasteiger partial charge is 0.381 e. The second-order valence-electron chi connectivity index (χ2n) is 7.19. The number of nitrogens with zero attached hydrogens (tertiary/aromatic N) is 1. The van der Waals surface area contributed by atoms with Crippen LogP contribution in [0, 0.1) is 23.1 Å². The van der Waals surface area contributed by atoms with Crippen LogP contribution < -0.4 is 10.6 Å². The maximum Gasteiger partial charge on any atom is 0.235 e. The molecule has 1 heterocycles. The fourth-order valence-corrected chi connectivity index (χ4v) is 3.54. The number of amides is 1. The van der Waals surface area contributed by atoms with Crippen LogP contribution in [0.25, 0.3) is 0 Å². The van der Waals surface area contributed by atoms with Crippen molar-refractivity contribution in [2.75, 3.05) is 19.8 Å². The molecule has 1 aliphatic carbocycles. The van der Waals surface area contributed by atoms with Crippen LogP contribution in [0.4, 0.5) is 4.39 Å². The lowest BCUT2D eigenvalue weighted by atomic mass is 9.82. The Balaban J connectivity index is 1.69. The molecule has 0 radical (unpaired) electrons. The second-order valence-corrected chi connectivity index (χ2v) is 7.19. The van der Waals surface area contributed by atoms with Crippen molar-refractivity contribution in [1.29, 1.82) is 5.26 Å². The number of rotatable bonds is 6. The van der Waals surface area contributed by atoms with Gasteiger partial charge in [0.15, 0.2) is 0 Å². The van der Waals surface area contributed by atoms with E-state index in [4.69, 9.17) is 4.74 Å². The molecule has 2 aliphatic rings. The topological polar surface area (TPSA) is 74.2 Å². The lowest BCUT2D eigenvalue weighted by Crippen LogP contribution is -2.54. The van der Waals surface area contributed by atoms with Gasteiger partial charge in [-0.15, -0.1) is 0 Å². The summed E-state index contributed by atoms with van der Waals surface area (Å²) < 4.78 is 19.1. The summed E-state index contributed by atoms with van der Waals surface area (Å²) in [5.41, 5.74) is -0.463. The Morgan fingerprint density at radius 3 is 2.76 bits per heavy atom. The highest BCUT2D eigenvalue weighted by molar-refractivity contribution is 5.79. The SMILES string of the molecule is C[C@](C#N)(NC(=O)CNC1(c2cccc(F)c2)CCOCC1)C1CC1. The van der Waals surface area contributed by atoms with Crippen LogP contribution in [0.3, 0.4) is 0 Å². The molecular formula is C19H24FN3O2. The zero-order valence-electron chi connectivity index (χ0n) is 14.5. The van der Waals surface area contributed by atoms with Gasteiger partial charge in [0.2, 0.25) is 5.91 Å². The van der Waals surface area contributed by atoms with Crippen molar-refractivity contribution >= 4 is 5.91 Å². The first-order valence-corrected chi connectivity index (χ1v) is 8.78. The number of carbonyl (C=O) groups excluding carboxylic acids is 1. The normalized spacial score (nSPS) is 21.8. The minimum atomic E-state index is -0.805. The van der Waals surface area contributed by atoms with E-state index in [-0.39, 0.29) is 24.2 Å². The average molecular weight is 345 g/mol. The summed E-state index contributed by atoms with van der Waals surface area (Å²) >= 11 is 0. The first-order valence-electron chi connectivity index (χ1n) is 8.78. The molecule has 6 heteroatoms. The Hall–Kier alpha value is -1.97. The number of nitriles is 1. The van der Waals surface area contributed by atoms with E-state index >= 15 is 0 Å². The number of nitrogens with one attached hydrogen (secondary N) is 2. The van der Waals surface area contributed by atoms with E-state index in [0.717, 1.165) is 18.4 Å².